The van der Waals surface area contributed by atoms with Gasteiger partial charge in [0.15, 0.2) is 0 Å². The van der Waals surface area contributed by atoms with Gasteiger partial charge in [-0.15, -0.1) is 0 Å². The first-order valence-corrected chi connectivity index (χ1v) is 6.42. The van der Waals surface area contributed by atoms with Gasteiger partial charge in [-0.25, -0.2) is 0 Å². The normalized spacial score (nSPS) is 20.3. The second-order valence-electron chi connectivity index (χ2n) is 5.78. The highest BCUT2D eigenvalue weighted by Crippen LogP contribution is 2.60. The Morgan fingerprint density at radius 3 is 2.79 bits per heavy atom. The fourth-order valence-corrected chi connectivity index (χ4v) is 2.56. The van der Waals surface area contributed by atoms with E-state index in [2.05, 4.69) is 19.0 Å². The van der Waals surface area contributed by atoms with Crippen molar-refractivity contribution in [2.45, 2.75) is 26.2 Å². The highest BCUT2D eigenvalue weighted by molar-refractivity contribution is 5.77. The van der Waals surface area contributed by atoms with Crippen LogP contribution in [0.4, 0.5) is 5.88 Å². The Labute approximate surface area is 112 Å². The van der Waals surface area contributed by atoms with Crippen LogP contribution < -0.4 is 10.5 Å². The predicted octanol–water partition coefficient (Wildman–Crippen LogP) is 3.45. The Kier molecular flexibility index (Phi) is 2.55. The van der Waals surface area contributed by atoms with Crippen LogP contribution in [0.15, 0.2) is 28.8 Å². The summed E-state index contributed by atoms with van der Waals surface area (Å²) in [4.78, 5) is 0. The molecule has 0 amide bonds. The summed E-state index contributed by atoms with van der Waals surface area (Å²) < 4.78 is 10.5. The summed E-state index contributed by atoms with van der Waals surface area (Å²) in [6, 6.07) is 7.82. The van der Waals surface area contributed by atoms with Crippen LogP contribution >= 0.6 is 0 Å². The molecule has 1 heterocycles. The molecule has 1 atom stereocenters. The first-order valence-electron chi connectivity index (χ1n) is 6.42. The number of methoxy groups -OCH3 is 1. The zero-order valence-corrected chi connectivity index (χ0v) is 11.4. The van der Waals surface area contributed by atoms with E-state index < -0.39 is 0 Å². The molecule has 0 radical (unpaired) electrons. The average Bonchev–Trinajstić information content (AvgIpc) is 2.85. The predicted molar refractivity (Wildman–Crippen MR) is 74.0 cm³/mol. The molecule has 1 saturated carbocycles. The summed E-state index contributed by atoms with van der Waals surface area (Å²) in [6.07, 6.45) is 1.12. The second-order valence-corrected chi connectivity index (χ2v) is 5.78. The van der Waals surface area contributed by atoms with Crippen molar-refractivity contribution in [1.82, 2.24) is 5.16 Å². The van der Waals surface area contributed by atoms with Crippen LogP contribution in [-0.4, -0.2) is 12.3 Å². The van der Waals surface area contributed by atoms with Crippen molar-refractivity contribution in [3.05, 3.63) is 30.0 Å². The molecule has 100 valence electrons. The van der Waals surface area contributed by atoms with E-state index in [9.17, 15) is 0 Å². The fraction of sp³-hybridized carbons (Fsp3) is 0.400. The molecule has 4 heteroatoms. The molecule has 1 aliphatic carbocycles. The number of nitrogens with two attached hydrogens (primary N) is 1. The Morgan fingerprint density at radius 2 is 2.16 bits per heavy atom. The minimum absolute atomic E-state index is 0.289. The van der Waals surface area contributed by atoms with E-state index in [0.717, 1.165) is 29.0 Å². The number of aromatic nitrogens is 1. The first-order chi connectivity index (χ1) is 9.03. The third kappa shape index (κ3) is 1.97. The topological polar surface area (TPSA) is 61.3 Å². The molecule has 1 unspecified atom stereocenters. The Bertz CT molecular complexity index is 616. The highest BCUT2D eigenvalue weighted by Gasteiger charge is 2.49. The van der Waals surface area contributed by atoms with Crippen LogP contribution in [0.5, 0.6) is 5.75 Å². The molecule has 0 saturated heterocycles. The molecule has 19 heavy (non-hydrogen) atoms. The summed E-state index contributed by atoms with van der Waals surface area (Å²) in [5.41, 5.74) is 9.11. The summed E-state index contributed by atoms with van der Waals surface area (Å²) in [5, 5.41) is 4.16. The lowest BCUT2D eigenvalue weighted by atomic mass is 9.99. The van der Waals surface area contributed by atoms with Gasteiger partial charge in [0.1, 0.15) is 5.75 Å². The second kappa shape index (κ2) is 4.02. The Hall–Kier alpha value is -1.97. The van der Waals surface area contributed by atoms with Crippen molar-refractivity contribution in [2.24, 2.45) is 5.41 Å². The smallest absolute Gasteiger partial charge is 0.230 e. The molecule has 1 aliphatic rings. The van der Waals surface area contributed by atoms with Crippen LogP contribution in [0.25, 0.3) is 11.1 Å². The van der Waals surface area contributed by atoms with E-state index in [0.29, 0.717) is 11.8 Å². The molecule has 0 bridgehead atoms. The quantitative estimate of drug-likeness (QED) is 0.916. The lowest BCUT2D eigenvalue weighted by Crippen LogP contribution is -1.94. The first kappa shape index (κ1) is 12.1. The van der Waals surface area contributed by atoms with Crippen LogP contribution in [0.1, 0.15) is 31.9 Å². The molecule has 0 aliphatic heterocycles. The summed E-state index contributed by atoms with van der Waals surface area (Å²) in [6.45, 7) is 4.47. The van der Waals surface area contributed by atoms with Gasteiger partial charge in [0, 0.05) is 5.92 Å². The molecule has 0 spiro atoms. The SMILES string of the molecule is COc1cccc(-c2c(C3CC3(C)C)noc2N)c1. The average molecular weight is 258 g/mol. The maximum atomic E-state index is 5.95. The third-order valence-corrected chi connectivity index (χ3v) is 3.95. The minimum Gasteiger partial charge on any atom is -0.497 e. The van der Waals surface area contributed by atoms with E-state index in [1.165, 1.54) is 0 Å². The Balaban J connectivity index is 2.07. The zero-order valence-electron chi connectivity index (χ0n) is 11.4. The number of hydrogen-bond acceptors (Lipinski definition) is 4. The molecule has 1 aromatic heterocycles. The van der Waals surface area contributed by atoms with Crippen molar-refractivity contribution in [3.8, 4) is 16.9 Å². The van der Waals surface area contributed by atoms with Crippen molar-refractivity contribution >= 4 is 5.88 Å². The molecular weight excluding hydrogens is 240 g/mol. The summed E-state index contributed by atoms with van der Waals surface area (Å²) >= 11 is 0. The molecule has 1 fully saturated rings. The third-order valence-electron chi connectivity index (χ3n) is 3.95. The van der Waals surface area contributed by atoms with Crippen LogP contribution in [0.2, 0.25) is 0 Å². The minimum atomic E-state index is 0.289. The molecule has 4 nitrogen and oxygen atoms in total. The summed E-state index contributed by atoms with van der Waals surface area (Å²) in [7, 11) is 1.65. The number of ether oxygens (including phenoxy) is 1. The van der Waals surface area contributed by atoms with Gasteiger partial charge in [-0.05, 0) is 29.5 Å². The van der Waals surface area contributed by atoms with Crippen molar-refractivity contribution in [1.29, 1.82) is 0 Å². The molecular formula is C15H18N2O2. The van der Waals surface area contributed by atoms with Crippen molar-refractivity contribution in [3.63, 3.8) is 0 Å². The number of anilines is 1. The molecule has 2 aromatic rings. The lowest BCUT2D eigenvalue weighted by Gasteiger charge is -2.06. The van der Waals surface area contributed by atoms with Gasteiger partial charge >= 0.3 is 0 Å². The number of nitrogens with zero attached hydrogens (tertiary/aromatic N) is 1. The van der Waals surface area contributed by atoms with Crippen LogP contribution in [0.3, 0.4) is 0 Å². The number of nitrogen functional groups attached to an aromatic ring is 1. The molecule has 3 rings (SSSR count). The van der Waals surface area contributed by atoms with Gasteiger partial charge < -0.3 is 15.0 Å². The van der Waals surface area contributed by atoms with Crippen LogP contribution in [-0.2, 0) is 0 Å². The maximum Gasteiger partial charge on any atom is 0.230 e. The largest absolute Gasteiger partial charge is 0.497 e. The number of hydrogen-bond donors (Lipinski definition) is 1. The van der Waals surface area contributed by atoms with E-state index in [1.807, 2.05) is 24.3 Å². The van der Waals surface area contributed by atoms with Gasteiger partial charge in [0.25, 0.3) is 0 Å². The Morgan fingerprint density at radius 1 is 1.42 bits per heavy atom. The highest BCUT2D eigenvalue weighted by atomic mass is 16.5. The fourth-order valence-electron chi connectivity index (χ4n) is 2.56. The van der Waals surface area contributed by atoms with Gasteiger partial charge in [0.2, 0.25) is 5.88 Å². The molecule has 2 N–H and O–H groups in total. The van der Waals surface area contributed by atoms with Gasteiger partial charge in [-0.3, -0.25) is 0 Å². The van der Waals surface area contributed by atoms with E-state index in [1.54, 1.807) is 7.11 Å². The monoisotopic (exact) mass is 258 g/mol. The molecule has 1 aromatic carbocycles. The zero-order chi connectivity index (χ0) is 13.6. The van der Waals surface area contributed by atoms with E-state index in [4.69, 9.17) is 15.0 Å². The van der Waals surface area contributed by atoms with Crippen molar-refractivity contribution in [2.75, 3.05) is 12.8 Å². The maximum absolute atomic E-state index is 5.95. The summed E-state index contributed by atoms with van der Waals surface area (Å²) in [5.74, 6) is 1.61. The van der Waals surface area contributed by atoms with E-state index in [-0.39, 0.29) is 5.41 Å². The lowest BCUT2D eigenvalue weighted by molar-refractivity contribution is 0.415. The van der Waals surface area contributed by atoms with E-state index >= 15 is 0 Å². The van der Waals surface area contributed by atoms with Gasteiger partial charge in [-0.2, -0.15) is 0 Å². The number of benzene rings is 1. The van der Waals surface area contributed by atoms with Crippen molar-refractivity contribution < 1.29 is 9.26 Å². The van der Waals surface area contributed by atoms with Gasteiger partial charge in [0.05, 0.1) is 18.4 Å². The van der Waals surface area contributed by atoms with Gasteiger partial charge in [-0.1, -0.05) is 31.1 Å². The standard InChI is InChI=1S/C15H18N2O2/c1-15(2)8-11(15)13-12(14(16)19-17-13)9-5-4-6-10(7-9)18-3/h4-7,11H,8,16H2,1-3H3. The number of rotatable bonds is 3. The van der Waals surface area contributed by atoms with Crippen LogP contribution in [0, 0.1) is 5.41 Å².